The van der Waals surface area contributed by atoms with E-state index in [-0.39, 0.29) is 0 Å². The Labute approximate surface area is 91.6 Å². The Balaban J connectivity index is 2.51. The van der Waals surface area contributed by atoms with Crippen LogP contribution in [0, 0.1) is 11.3 Å². The average Bonchev–Trinajstić information content (AvgIpc) is 2.18. The van der Waals surface area contributed by atoms with E-state index in [1.165, 1.54) is 0 Å². The Bertz CT molecular complexity index is 368. The molecule has 0 unspecified atom stereocenters. The van der Waals surface area contributed by atoms with Gasteiger partial charge in [-0.05, 0) is 17.7 Å². The molecule has 4 heteroatoms. The first kappa shape index (κ1) is 10.9. The molecule has 0 bridgehead atoms. The second-order valence-corrected chi connectivity index (χ2v) is 3.90. The van der Waals surface area contributed by atoms with Crippen LogP contribution in [0.4, 0.5) is 0 Å². The van der Waals surface area contributed by atoms with Crippen molar-refractivity contribution >= 4 is 15.9 Å². The number of pyridine rings is 1. The average molecular weight is 252 g/mol. The van der Waals surface area contributed by atoms with Crippen molar-refractivity contribution in [2.45, 2.75) is 6.54 Å². The number of halogens is 1. The van der Waals surface area contributed by atoms with Crippen LogP contribution < -0.4 is 5.32 Å². The summed E-state index contributed by atoms with van der Waals surface area (Å²) in [5, 5.41) is 11.8. The van der Waals surface area contributed by atoms with Crippen LogP contribution in [-0.2, 0) is 6.54 Å². The maximum atomic E-state index is 8.62. The zero-order valence-electron chi connectivity index (χ0n) is 7.63. The van der Waals surface area contributed by atoms with Crippen LogP contribution in [0.5, 0.6) is 0 Å². The summed E-state index contributed by atoms with van der Waals surface area (Å²) in [5.74, 6) is 0. The largest absolute Gasteiger partial charge is 0.308 e. The number of hydrogen-bond donors (Lipinski definition) is 1. The van der Waals surface area contributed by atoms with Crippen molar-refractivity contribution < 1.29 is 0 Å². The number of rotatable bonds is 4. The van der Waals surface area contributed by atoms with Crippen LogP contribution >= 0.6 is 15.9 Å². The number of hydrogen-bond acceptors (Lipinski definition) is 3. The van der Waals surface area contributed by atoms with Crippen LogP contribution in [0.25, 0.3) is 0 Å². The fraction of sp³-hybridized carbons (Fsp3) is 0.200. The Morgan fingerprint density at radius 2 is 2.50 bits per heavy atom. The van der Waals surface area contributed by atoms with Crippen molar-refractivity contribution in [3.05, 3.63) is 40.6 Å². The zero-order valence-corrected chi connectivity index (χ0v) is 9.21. The molecule has 0 saturated carbocycles. The van der Waals surface area contributed by atoms with E-state index >= 15 is 0 Å². The number of aromatic nitrogens is 1. The second kappa shape index (κ2) is 5.53. The first-order chi connectivity index (χ1) is 6.72. The van der Waals surface area contributed by atoms with Crippen molar-refractivity contribution in [1.82, 2.24) is 10.3 Å². The summed E-state index contributed by atoms with van der Waals surface area (Å²) in [6.45, 7) is 5.13. The molecule has 0 spiro atoms. The molecule has 0 aliphatic rings. The third-order valence-corrected chi connectivity index (χ3v) is 1.87. The normalized spacial score (nSPS) is 9.43. The first-order valence-electron chi connectivity index (χ1n) is 4.11. The highest BCUT2D eigenvalue weighted by Gasteiger charge is 1.95. The van der Waals surface area contributed by atoms with Gasteiger partial charge in [0, 0.05) is 23.8 Å². The van der Waals surface area contributed by atoms with Gasteiger partial charge in [-0.3, -0.25) is 0 Å². The fourth-order valence-corrected chi connectivity index (χ4v) is 1.19. The van der Waals surface area contributed by atoms with Crippen molar-refractivity contribution in [3.8, 4) is 6.07 Å². The number of nitrogens with one attached hydrogen (secondary N) is 1. The summed E-state index contributed by atoms with van der Waals surface area (Å²) in [4.78, 5) is 3.89. The van der Waals surface area contributed by atoms with Gasteiger partial charge in [0.1, 0.15) is 11.8 Å². The summed E-state index contributed by atoms with van der Waals surface area (Å²) in [7, 11) is 0. The van der Waals surface area contributed by atoms with Gasteiger partial charge in [0.25, 0.3) is 0 Å². The molecular weight excluding hydrogens is 242 g/mol. The maximum Gasteiger partial charge on any atom is 0.140 e. The van der Waals surface area contributed by atoms with E-state index in [1.807, 2.05) is 12.1 Å². The summed E-state index contributed by atoms with van der Waals surface area (Å²) in [6.07, 6.45) is 1.64. The predicted molar refractivity (Wildman–Crippen MR) is 58.7 cm³/mol. The van der Waals surface area contributed by atoms with Gasteiger partial charge in [-0.2, -0.15) is 5.26 Å². The highest BCUT2D eigenvalue weighted by Crippen LogP contribution is 2.02. The lowest BCUT2D eigenvalue weighted by atomic mass is 10.2. The molecule has 0 aliphatic carbocycles. The Morgan fingerprint density at radius 3 is 3.14 bits per heavy atom. The van der Waals surface area contributed by atoms with Gasteiger partial charge in [0.05, 0.1) is 0 Å². The first-order valence-corrected chi connectivity index (χ1v) is 4.90. The zero-order chi connectivity index (χ0) is 10.4. The van der Waals surface area contributed by atoms with Crippen LogP contribution in [0.2, 0.25) is 0 Å². The molecule has 0 aromatic carbocycles. The summed E-state index contributed by atoms with van der Waals surface area (Å²) < 4.78 is 0.909. The number of nitrogens with zero attached hydrogens (tertiary/aromatic N) is 2. The van der Waals surface area contributed by atoms with Crippen molar-refractivity contribution in [2.24, 2.45) is 0 Å². The lowest BCUT2D eigenvalue weighted by molar-refractivity contribution is 0.755. The maximum absolute atomic E-state index is 8.62. The summed E-state index contributed by atoms with van der Waals surface area (Å²) >= 11 is 3.25. The second-order valence-electron chi connectivity index (χ2n) is 2.78. The summed E-state index contributed by atoms with van der Waals surface area (Å²) in [5.41, 5.74) is 1.49. The van der Waals surface area contributed by atoms with Gasteiger partial charge >= 0.3 is 0 Å². The molecule has 0 atom stereocenters. The molecule has 3 nitrogen and oxygen atoms in total. The van der Waals surface area contributed by atoms with Crippen LogP contribution in [-0.4, -0.2) is 11.5 Å². The number of nitriles is 1. The Morgan fingerprint density at radius 1 is 1.71 bits per heavy atom. The van der Waals surface area contributed by atoms with Gasteiger partial charge in [0.15, 0.2) is 0 Å². The van der Waals surface area contributed by atoms with E-state index in [0.717, 1.165) is 10.0 Å². The summed E-state index contributed by atoms with van der Waals surface area (Å²) in [6, 6.07) is 5.65. The molecule has 0 fully saturated rings. The monoisotopic (exact) mass is 251 g/mol. The van der Waals surface area contributed by atoms with E-state index in [9.17, 15) is 0 Å². The van der Waals surface area contributed by atoms with E-state index in [4.69, 9.17) is 5.26 Å². The highest BCUT2D eigenvalue weighted by atomic mass is 79.9. The molecule has 0 amide bonds. The van der Waals surface area contributed by atoms with Gasteiger partial charge in [-0.25, -0.2) is 4.98 Å². The Kier molecular flexibility index (Phi) is 4.30. The lowest BCUT2D eigenvalue weighted by Crippen LogP contribution is -2.14. The molecule has 0 radical (unpaired) electrons. The minimum atomic E-state index is 0.446. The smallest absolute Gasteiger partial charge is 0.140 e. The molecule has 1 N–H and O–H groups in total. The van der Waals surface area contributed by atoms with Crippen LogP contribution in [0.1, 0.15) is 11.3 Å². The molecule has 1 aromatic heterocycles. The third-order valence-electron chi connectivity index (χ3n) is 1.58. The minimum absolute atomic E-state index is 0.446. The van der Waals surface area contributed by atoms with Gasteiger partial charge in [-0.15, -0.1) is 0 Å². The lowest BCUT2D eigenvalue weighted by Gasteiger charge is -2.03. The third kappa shape index (κ3) is 3.69. The SMILES string of the molecule is C=C(Br)CNCc1ccnc(C#N)c1. The highest BCUT2D eigenvalue weighted by molar-refractivity contribution is 9.11. The molecule has 1 aromatic rings. The van der Waals surface area contributed by atoms with Gasteiger partial charge in [0.2, 0.25) is 0 Å². The molecule has 0 aliphatic heterocycles. The molecule has 72 valence electrons. The molecule has 14 heavy (non-hydrogen) atoms. The fourth-order valence-electron chi connectivity index (χ4n) is 0.988. The molecule has 1 rings (SSSR count). The van der Waals surface area contributed by atoms with Crippen molar-refractivity contribution in [2.75, 3.05) is 6.54 Å². The van der Waals surface area contributed by atoms with Crippen molar-refractivity contribution in [1.29, 1.82) is 5.26 Å². The van der Waals surface area contributed by atoms with Crippen LogP contribution in [0.3, 0.4) is 0 Å². The van der Waals surface area contributed by atoms with E-state index in [2.05, 4.69) is 32.8 Å². The molecular formula is C10H10BrN3. The standard InChI is InChI=1S/C10H10BrN3/c1-8(11)6-13-7-9-2-3-14-10(4-9)5-12/h2-4,13H,1,6-7H2. The quantitative estimate of drug-likeness (QED) is 0.890. The minimum Gasteiger partial charge on any atom is -0.308 e. The van der Waals surface area contributed by atoms with Gasteiger partial charge < -0.3 is 5.32 Å². The van der Waals surface area contributed by atoms with E-state index < -0.39 is 0 Å². The van der Waals surface area contributed by atoms with E-state index in [0.29, 0.717) is 18.8 Å². The van der Waals surface area contributed by atoms with E-state index in [1.54, 1.807) is 12.3 Å². The van der Waals surface area contributed by atoms with Gasteiger partial charge in [-0.1, -0.05) is 22.5 Å². The van der Waals surface area contributed by atoms with Crippen LogP contribution in [0.15, 0.2) is 29.4 Å². The topological polar surface area (TPSA) is 48.7 Å². The van der Waals surface area contributed by atoms with Crippen molar-refractivity contribution in [3.63, 3.8) is 0 Å². The molecule has 0 saturated heterocycles. The Hall–Kier alpha value is -1.18. The molecule has 1 heterocycles. The predicted octanol–water partition coefficient (Wildman–Crippen LogP) is 1.95.